The summed E-state index contributed by atoms with van der Waals surface area (Å²) in [4.78, 5) is 19.7. The van der Waals surface area contributed by atoms with Crippen LogP contribution in [-0.2, 0) is 0 Å². The fraction of sp³-hybridized carbons (Fsp3) is 0.333. The van der Waals surface area contributed by atoms with Crippen molar-refractivity contribution >= 4 is 44.1 Å². The number of halogens is 1. The first-order valence-electron chi connectivity index (χ1n) is 9.27. The Morgan fingerprint density at radius 3 is 2.82 bits per heavy atom. The number of rotatable bonds is 2. The van der Waals surface area contributed by atoms with Crippen molar-refractivity contribution < 1.29 is 14.3 Å². The van der Waals surface area contributed by atoms with Gasteiger partial charge in [0.1, 0.15) is 17.1 Å². The standard InChI is InChI=1S/C21H19ClN2O3S/c1-26-14-3-4-15-17(25)12-21(27-18(15)11-14)6-8-24(9-7-21)20-23-16-5-2-13(22)10-19(16)28-20/h2-5,10-11H,6-9,12H2,1H3. The number of hydrogen-bond acceptors (Lipinski definition) is 6. The van der Waals surface area contributed by atoms with E-state index in [2.05, 4.69) is 4.90 Å². The van der Waals surface area contributed by atoms with Crippen molar-refractivity contribution in [3.63, 3.8) is 0 Å². The number of ether oxygens (including phenoxy) is 2. The second-order valence-corrected chi connectivity index (χ2v) is 8.79. The number of aromatic nitrogens is 1. The Labute approximate surface area is 171 Å². The van der Waals surface area contributed by atoms with Crippen molar-refractivity contribution in [1.82, 2.24) is 4.98 Å². The van der Waals surface area contributed by atoms with Gasteiger partial charge in [-0.05, 0) is 30.3 Å². The number of thiazole rings is 1. The van der Waals surface area contributed by atoms with Crippen molar-refractivity contribution in [2.24, 2.45) is 0 Å². The van der Waals surface area contributed by atoms with Crippen molar-refractivity contribution in [2.45, 2.75) is 24.9 Å². The molecule has 1 aromatic heterocycles. The van der Waals surface area contributed by atoms with Gasteiger partial charge in [-0.3, -0.25) is 4.79 Å². The van der Waals surface area contributed by atoms with Crippen LogP contribution in [0.2, 0.25) is 5.02 Å². The van der Waals surface area contributed by atoms with Gasteiger partial charge in [0.25, 0.3) is 0 Å². The number of piperidine rings is 1. The molecule has 1 saturated heterocycles. The number of ketones is 1. The summed E-state index contributed by atoms with van der Waals surface area (Å²) in [6.07, 6.45) is 1.99. The van der Waals surface area contributed by atoms with Crippen LogP contribution < -0.4 is 14.4 Å². The molecule has 0 atom stereocenters. The largest absolute Gasteiger partial charge is 0.497 e. The van der Waals surface area contributed by atoms with Crippen molar-refractivity contribution in [3.8, 4) is 11.5 Å². The van der Waals surface area contributed by atoms with Crippen LogP contribution in [0.15, 0.2) is 36.4 Å². The Balaban J connectivity index is 1.36. The molecule has 0 aliphatic carbocycles. The molecule has 0 saturated carbocycles. The minimum absolute atomic E-state index is 0.145. The van der Waals surface area contributed by atoms with E-state index >= 15 is 0 Å². The number of methoxy groups -OCH3 is 1. The summed E-state index contributed by atoms with van der Waals surface area (Å²) in [7, 11) is 1.62. The van der Waals surface area contributed by atoms with E-state index < -0.39 is 5.60 Å². The van der Waals surface area contributed by atoms with Crippen LogP contribution in [0.3, 0.4) is 0 Å². The minimum atomic E-state index is -0.438. The van der Waals surface area contributed by atoms with Crippen molar-refractivity contribution in [1.29, 1.82) is 0 Å². The van der Waals surface area contributed by atoms with Gasteiger partial charge in [0.2, 0.25) is 0 Å². The third-order valence-electron chi connectivity index (χ3n) is 5.58. The highest BCUT2D eigenvalue weighted by Gasteiger charge is 2.43. The number of Topliss-reactive ketones (excluding diaryl/α,β-unsaturated/α-hetero) is 1. The molecular formula is C21H19ClN2O3S. The first-order chi connectivity index (χ1) is 13.5. The lowest BCUT2D eigenvalue weighted by molar-refractivity contribution is 0.0230. The van der Waals surface area contributed by atoms with Crippen LogP contribution in [0.5, 0.6) is 11.5 Å². The Kier molecular flexibility index (Phi) is 4.21. The smallest absolute Gasteiger partial charge is 0.186 e. The zero-order valence-corrected chi connectivity index (χ0v) is 17.0. The lowest BCUT2D eigenvalue weighted by Crippen LogP contribution is -2.51. The number of carbonyl (C=O) groups excluding carboxylic acids is 1. The average molecular weight is 415 g/mol. The number of hydrogen-bond donors (Lipinski definition) is 0. The number of benzene rings is 2. The summed E-state index contributed by atoms with van der Waals surface area (Å²) in [6.45, 7) is 1.61. The first kappa shape index (κ1) is 17.8. The summed E-state index contributed by atoms with van der Waals surface area (Å²) in [5.41, 5.74) is 1.18. The van der Waals surface area contributed by atoms with Gasteiger partial charge in [-0.2, -0.15) is 0 Å². The zero-order chi connectivity index (χ0) is 19.3. The molecule has 0 unspecified atom stereocenters. The summed E-state index contributed by atoms with van der Waals surface area (Å²) < 4.78 is 12.7. The van der Waals surface area contributed by atoms with E-state index in [1.807, 2.05) is 24.3 Å². The average Bonchev–Trinajstić information content (AvgIpc) is 3.11. The van der Waals surface area contributed by atoms with E-state index in [9.17, 15) is 4.79 Å². The van der Waals surface area contributed by atoms with Crippen LogP contribution in [0.25, 0.3) is 10.2 Å². The van der Waals surface area contributed by atoms with Gasteiger partial charge in [0.05, 0.1) is 29.3 Å². The van der Waals surface area contributed by atoms with E-state index in [1.54, 1.807) is 30.6 Å². The van der Waals surface area contributed by atoms with E-state index in [0.717, 1.165) is 46.3 Å². The molecular weight excluding hydrogens is 396 g/mol. The SMILES string of the molecule is COc1ccc2c(c1)OC1(CCN(c3nc4ccc(Cl)cc4s3)CC1)CC2=O. The molecule has 3 heterocycles. The predicted octanol–water partition coefficient (Wildman–Crippen LogP) is 4.96. The van der Waals surface area contributed by atoms with Gasteiger partial charge in [-0.15, -0.1) is 0 Å². The molecule has 1 fully saturated rings. The second-order valence-electron chi connectivity index (χ2n) is 7.34. The monoisotopic (exact) mass is 414 g/mol. The Morgan fingerprint density at radius 1 is 1.21 bits per heavy atom. The number of anilines is 1. The van der Waals surface area contributed by atoms with Gasteiger partial charge in [-0.1, -0.05) is 22.9 Å². The van der Waals surface area contributed by atoms with Gasteiger partial charge in [-0.25, -0.2) is 4.98 Å². The normalized spacial score (nSPS) is 18.2. The number of nitrogens with zero attached hydrogens (tertiary/aromatic N) is 2. The Hall–Kier alpha value is -2.31. The predicted molar refractivity (Wildman–Crippen MR) is 111 cm³/mol. The maximum Gasteiger partial charge on any atom is 0.186 e. The van der Waals surface area contributed by atoms with Crippen molar-refractivity contribution in [2.75, 3.05) is 25.1 Å². The van der Waals surface area contributed by atoms with Gasteiger partial charge in [0.15, 0.2) is 10.9 Å². The maximum atomic E-state index is 12.7. The molecule has 2 aliphatic rings. The molecule has 2 aliphatic heterocycles. The van der Waals surface area contributed by atoms with E-state index in [-0.39, 0.29) is 5.78 Å². The summed E-state index contributed by atoms with van der Waals surface area (Å²) in [5.74, 6) is 1.49. The third-order valence-corrected chi connectivity index (χ3v) is 6.90. The first-order valence-corrected chi connectivity index (χ1v) is 10.5. The molecule has 7 heteroatoms. The Bertz CT molecular complexity index is 1070. The molecule has 2 aromatic carbocycles. The minimum Gasteiger partial charge on any atom is -0.497 e. The lowest BCUT2D eigenvalue weighted by Gasteiger charge is -2.43. The third kappa shape index (κ3) is 3.01. The van der Waals surface area contributed by atoms with Crippen LogP contribution in [0.4, 0.5) is 5.13 Å². The van der Waals surface area contributed by atoms with Gasteiger partial charge >= 0.3 is 0 Å². The Morgan fingerprint density at radius 2 is 2.04 bits per heavy atom. The molecule has 144 valence electrons. The zero-order valence-electron chi connectivity index (χ0n) is 15.4. The number of fused-ring (bicyclic) bond motifs is 2. The molecule has 5 rings (SSSR count). The van der Waals surface area contributed by atoms with Crippen LogP contribution in [-0.4, -0.2) is 36.6 Å². The molecule has 0 radical (unpaired) electrons. The molecule has 0 bridgehead atoms. The van der Waals surface area contributed by atoms with Gasteiger partial charge < -0.3 is 14.4 Å². The molecule has 1 spiro atoms. The van der Waals surface area contributed by atoms with Crippen LogP contribution >= 0.6 is 22.9 Å². The molecule has 5 nitrogen and oxygen atoms in total. The summed E-state index contributed by atoms with van der Waals surface area (Å²) in [6, 6.07) is 11.2. The highest BCUT2D eigenvalue weighted by atomic mass is 35.5. The highest BCUT2D eigenvalue weighted by molar-refractivity contribution is 7.22. The second kappa shape index (κ2) is 6.64. The lowest BCUT2D eigenvalue weighted by atomic mass is 9.82. The number of carbonyl (C=O) groups is 1. The summed E-state index contributed by atoms with van der Waals surface area (Å²) in [5, 5.41) is 1.72. The van der Waals surface area contributed by atoms with E-state index in [4.69, 9.17) is 26.1 Å². The molecule has 28 heavy (non-hydrogen) atoms. The van der Waals surface area contributed by atoms with Crippen molar-refractivity contribution in [3.05, 3.63) is 47.0 Å². The molecule has 0 N–H and O–H groups in total. The van der Waals surface area contributed by atoms with E-state index in [0.29, 0.717) is 23.5 Å². The fourth-order valence-electron chi connectivity index (χ4n) is 4.01. The summed E-state index contributed by atoms with van der Waals surface area (Å²) >= 11 is 7.75. The molecule has 3 aromatic rings. The maximum absolute atomic E-state index is 12.7. The van der Waals surface area contributed by atoms with E-state index in [1.165, 1.54) is 0 Å². The highest BCUT2D eigenvalue weighted by Crippen LogP contribution is 2.42. The van der Waals surface area contributed by atoms with Gasteiger partial charge in [0, 0.05) is 37.0 Å². The topological polar surface area (TPSA) is 51.7 Å². The van der Waals surface area contributed by atoms with Crippen LogP contribution in [0.1, 0.15) is 29.6 Å². The van der Waals surface area contributed by atoms with Crippen LogP contribution in [0, 0.1) is 0 Å². The quantitative estimate of drug-likeness (QED) is 0.593. The fourth-order valence-corrected chi connectivity index (χ4v) is 5.30. The molecule has 0 amide bonds.